The quantitative estimate of drug-likeness (QED) is 0.599. The van der Waals surface area contributed by atoms with Crippen molar-refractivity contribution in [3.63, 3.8) is 0 Å². The largest absolute Gasteiger partial charge is 0.450 e. The third-order valence-corrected chi connectivity index (χ3v) is 4.10. The number of nitrogens with zero attached hydrogens (tertiary/aromatic N) is 4. The highest BCUT2D eigenvalue weighted by atomic mass is 32.3. The molecule has 0 aromatic rings. The SMILES string of the molecule is CCOC(=O)N=C1N=C(N2CCCC2)CC(NC(=O)OCC)N1OS(=O)(=O)O. The summed E-state index contributed by atoms with van der Waals surface area (Å²) in [4.78, 5) is 33.3. The molecule has 1 unspecified atom stereocenters. The minimum Gasteiger partial charge on any atom is -0.450 e. The summed E-state index contributed by atoms with van der Waals surface area (Å²) in [7, 11) is -5.00. The van der Waals surface area contributed by atoms with E-state index in [1.54, 1.807) is 13.8 Å². The molecule has 0 aliphatic carbocycles. The monoisotopic (exact) mass is 421 g/mol. The molecule has 1 saturated heterocycles. The van der Waals surface area contributed by atoms with E-state index in [1.807, 2.05) is 4.90 Å². The predicted octanol–water partition coefficient (Wildman–Crippen LogP) is 0.506. The maximum absolute atomic E-state index is 11.9. The zero-order valence-electron chi connectivity index (χ0n) is 15.5. The molecule has 13 nitrogen and oxygen atoms in total. The molecule has 0 saturated carbocycles. The Morgan fingerprint density at radius 2 is 1.89 bits per heavy atom. The van der Waals surface area contributed by atoms with Crippen LogP contribution in [0, 0.1) is 0 Å². The van der Waals surface area contributed by atoms with Gasteiger partial charge in [0.25, 0.3) is 5.96 Å². The van der Waals surface area contributed by atoms with Crippen LogP contribution in [0.15, 0.2) is 9.98 Å². The number of alkyl carbamates (subject to hydrolysis) is 1. The molecular weight excluding hydrogens is 398 g/mol. The Morgan fingerprint density at radius 3 is 2.46 bits per heavy atom. The van der Waals surface area contributed by atoms with Crippen LogP contribution in [0.25, 0.3) is 0 Å². The van der Waals surface area contributed by atoms with Crippen molar-refractivity contribution in [1.29, 1.82) is 0 Å². The molecule has 0 spiro atoms. The third kappa shape index (κ3) is 6.31. The number of carbonyl (C=O) groups is 2. The smallest absolute Gasteiger partial charge is 0.436 e. The average molecular weight is 421 g/mol. The third-order valence-electron chi connectivity index (χ3n) is 3.75. The second-order valence-corrected chi connectivity index (χ2v) is 6.75. The molecule has 28 heavy (non-hydrogen) atoms. The Hall–Kier alpha value is -2.45. The Morgan fingerprint density at radius 1 is 1.25 bits per heavy atom. The summed E-state index contributed by atoms with van der Waals surface area (Å²) < 4.78 is 45.7. The molecule has 14 heteroatoms. The molecule has 158 valence electrons. The van der Waals surface area contributed by atoms with Gasteiger partial charge >= 0.3 is 22.6 Å². The van der Waals surface area contributed by atoms with Crippen molar-refractivity contribution in [2.75, 3.05) is 26.3 Å². The van der Waals surface area contributed by atoms with E-state index in [2.05, 4.69) is 19.6 Å². The number of aliphatic imine (C=N–C) groups is 2. The number of nitrogens with one attached hydrogen (secondary N) is 1. The summed E-state index contributed by atoms with van der Waals surface area (Å²) in [5, 5.41) is 2.92. The van der Waals surface area contributed by atoms with Gasteiger partial charge in [0.1, 0.15) is 12.0 Å². The molecule has 0 aromatic carbocycles. The summed E-state index contributed by atoms with van der Waals surface area (Å²) >= 11 is 0. The van der Waals surface area contributed by atoms with Crippen LogP contribution in [0.2, 0.25) is 0 Å². The minimum atomic E-state index is -5.00. The van der Waals surface area contributed by atoms with Gasteiger partial charge in [0.15, 0.2) is 0 Å². The summed E-state index contributed by atoms with van der Waals surface area (Å²) in [6, 6.07) is 0. The van der Waals surface area contributed by atoms with E-state index in [0.29, 0.717) is 24.0 Å². The average Bonchev–Trinajstić information content (AvgIpc) is 3.11. The van der Waals surface area contributed by atoms with Crippen molar-refractivity contribution in [3.05, 3.63) is 0 Å². The van der Waals surface area contributed by atoms with Crippen LogP contribution in [0.4, 0.5) is 9.59 Å². The fourth-order valence-corrected chi connectivity index (χ4v) is 3.07. The van der Waals surface area contributed by atoms with Crippen LogP contribution in [0.5, 0.6) is 0 Å². The molecule has 2 amide bonds. The van der Waals surface area contributed by atoms with Gasteiger partial charge in [-0.25, -0.2) is 9.59 Å². The first-order valence-corrected chi connectivity index (χ1v) is 10.1. The molecular formula is C14H23N5O8S. The molecule has 1 atom stereocenters. The summed E-state index contributed by atoms with van der Waals surface area (Å²) in [5.74, 6) is -0.0245. The van der Waals surface area contributed by atoms with Crippen LogP contribution in [0.3, 0.4) is 0 Å². The van der Waals surface area contributed by atoms with E-state index in [9.17, 15) is 18.0 Å². The molecule has 2 N–H and O–H groups in total. The van der Waals surface area contributed by atoms with Gasteiger partial charge < -0.3 is 14.4 Å². The van der Waals surface area contributed by atoms with Crippen molar-refractivity contribution in [1.82, 2.24) is 15.3 Å². The van der Waals surface area contributed by atoms with E-state index in [-0.39, 0.29) is 19.6 Å². The Labute approximate surface area is 162 Å². The van der Waals surface area contributed by atoms with Crippen LogP contribution in [-0.2, 0) is 24.2 Å². The van der Waals surface area contributed by atoms with Gasteiger partial charge in [0, 0.05) is 19.5 Å². The van der Waals surface area contributed by atoms with Crippen molar-refractivity contribution in [3.8, 4) is 0 Å². The standard InChI is InChI=1S/C14H23N5O8S/c1-3-25-13(20)16-11-9-10(18-7-5-6-8-18)15-12(17-14(21)26-4-2)19(11)27-28(22,23)24/h11H,3-9H2,1-2H3,(H,16,20)(H,22,23,24). The normalized spacial score (nSPS) is 21.5. The minimum absolute atomic E-state index is 0.0240. The fraction of sp³-hybridized carbons (Fsp3) is 0.714. The Bertz CT molecular complexity index is 747. The number of hydrogen-bond donors (Lipinski definition) is 2. The van der Waals surface area contributed by atoms with Gasteiger partial charge in [-0.15, -0.1) is 9.28 Å². The lowest BCUT2D eigenvalue weighted by molar-refractivity contribution is -0.0389. The van der Waals surface area contributed by atoms with Gasteiger partial charge in [-0.1, -0.05) is 0 Å². The summed E-state index contributed by atoms with van der Waals surface area (Å²) in [6.45, 7) is 4.68. The highest BCUT2D eigenvalue weighted by Gasteiger charge is 2.37. The first-order chi connectivity index (χ1) is 13.2. The number of rotatable bonds is 5. The summed E-state index contributed by atoms with van der Waals surface area (Å²) in [6.07, 6.45) is -1.16. The van der Waals surface area contributed by atoms with E-state index >= 15 is 0 Å². The lowest BCUT2D eigenvalue weighted by Gasteiger charge is -2.35. The number of amides is 2. The van der Waals surface area contributed by atoms with Gasteiger partial charge in [-0.05, 0) is 26.7 Å². The first-order valence-electron chi connectivity index (χ1n) is 8.71. The van der Waals surface area contributed by atoms with E-state index in [4.69, 9.17) is 14.0 Å². The van der Waals surface area contributed by atoms with E-state index < -0.39 is 34.7 Å². The first kappa shape index (κ1) is 21.8. The maximum Gasteiger partial charge on any atom is 0.436 e. The lowest BCUT2D eigenvalue weighted by atomic mass is 10.2. The van der Waals surface area contributed by atoms with Crippen molar-refractivity contribution < 1.29 is 36.3 Å². The maximum atomic E-state index is 11.9. The highest BCUT2D eigenvalue weighted by Crippen LogP contribution is 2.20. The number of amidine groups is 1. The highest BCUT2D eigenvalue weighted by molar-refractivity contribution is 7.80. The van der Waals surface area contributed by atoms with Gasteiger partial charge in [-0.3, -0.25) is 9.87 Å². The number of guanidine groups is 1. The summed E-state index contributed by atoms with van der Waals surface area (Å²) in [5.41, 5.74) is 0. The Kier molecular flexibility index (Phi) is 7.53. The zero-order chi connectivity index (χ0) is 20.7. The van der Waals surface area contributed by atoms with Crippen LogP contribution in [-0.4, -0.2) is 79.4 Å². The molecule has 2 heterocycles. The van der Waals surface area contributed by atoms with Crippen molar-refractivity contribution >= 4 is 34.4 Å². The number of ether oxygens (including phenoxy) is 2. The molecule has 2 aliphatic rings. The van der Waals surface area contributed by atoms with E-state index in [0.717, 1.165) is 12.8 Å². The molecule has 0 aromatic heterocycles. The predicted molar refractivity (Wildman–Crippen MR) is 95.7 cm³/mol. The van der Waals surface area contributed by atoms with Gasteiger partial charge in [0.05, 0.1) is 13.2 Å². The Balaban J connectivity index is 2.41. The van der Waals surface area contributed by atoms with Gasteiger partial charge in [-0.2, -0.15) is 18.5 Å². The number of hydrogen-bond acceptors (Lipinski definition) is 8. The second-order valence-electron chi connectivity index (χ2n) is 5.75. The van der Waals surface area contributed by atoms with Crippen molar-refractivity contribution in [2.45, 2.75) is 39.3 Å². The van der Waals surface area contributed by atoms with Crippen LogP contribution in [0.1, 0.15) is 33.1 Å². The zero-order valence-corrected chi connectivity index (χ0v) is 16.3. The molecule has 2 aliphatic heterocycles. The molecule has 2 rings (SSSR count). The fourth-order valence-electron chi connectivity index (χ4n) is 2.70. The van der Waals surface area contributed by atoms with Crippen LogP contribution >= 0.6 is 0 Å². The molecule has 0 bridgehead atoms. The van der Waals surface area contributed by atoms with Gasteiger partial charge in [0.2, 0.25) is 0 Å². The second kappa shape index (κ2) is 9.66. The molecule has 0 radical (unpaired) electrons. The number of likely N-dealkylation sites (tertiary alicyclic amines) is 1. The topological polar surface area (TPSA) is 159 Å². The number of carbonyl (C=O) groups excluding carboxylic acids is 2. The molecule has 1 fully saturated rings. The van der Waals surface area contributed by atoms with Crippen molar-refractivity contribution in [2.24, 2.45) is 9.98 Å². The van der Waals surface area contributed by atoms with E-state index in [1.165, 1.54) is 0 Å². The van der Waals surface area contributed by atoms with Crippen LogP contribution < -0.4 is 5.32 Å². The lowest BCUT2D eigenvalue weighted by Crippen LogP contribution is -2.56. The number of hydroxylamine groups is 2.